The number of nitrogens with one attached hydrogen (secondary N) is 1. The van der Waals surface area contributed by atoms with E-state index in [9.17, 15) is 4.79 Å². The van der Waals surface area contributed by atoms with Crippen molar-refractivity contribution in [2.75, 3.05) is 26.4 Å². The molecular formula is C14H21N3O4. The van der Waals surface area contributed by atoms with Crippen LogP contribution in [0.15, 0.2) is 4.52 Å². The Bertz CT molecular complexity index is 467. The highest BCUT2D eigenvalue weighted by atomic mass is 16.5. The van der Waals surface area contributed by atoms with Crippen molar-refractivity contribution < 1.29 is 18.8 Å². The van der Waals surface area contributed by atoms with Crippen molar-refractivity contribution in [3.63, 3.8) is 0 Å². The molecule has 1 amide bonds. The second-order valence-electron chi connectivity index (χ2n) is 5.57. The summed E-state index contributed by atoms with van der Waals surface area (Å²) >= 11 is 0. The topological polar surface area (TPSA) is 86.5 Å². The highest BCUT2D eigenvalue weighted by Crippen LogP contribution is 2.38. The van der Waals surface area contributed by atoms with E-state index in [4.69, 9.17) is 14.0 Å². The van der Waals surface area contributed by atoms with Crippen LogP contribution in [0.4, 0.5) is 0 Å². The molecule has 2 aliphatic rings. The number of carbonyl (C=O) groups is 1. The van der Waals surface area contributed by atoms with Gasteiger partial charge in [-0.15, -0.1) is 0 Å². The van der Waals surface area contributed by atoms with E-state index in [2.05, 4.69) is 15.5 Å². The quantitative estimate of drug-likeness (QED) is 0.763. The molecule has 0 spiro atoms. The Morgan fingerprint density at radius 3 is 3.05 bits per heavy atom. The van der Waals surface area contributed by atoms with Gasteiger partial charge < -0.3 is 19.3 Å². The highest BCUT2D eigenvalue weighted by molar-refractivity contribution is 5.77. The van der Waals surface area contributed by atoms with Crippen LogP contribution in [0.2, 0.25) is 0 Å². The van der Waals surface area contributed by atoms with Gasteiger partial charge in [0.15, 0.2) is 5.82 Å². The number of hydrogen-bond acceptors (Lipinski definition) is 6. The van der Waals surface area contributed by atoms with Crippen LogP contribution in [-0.4, -0.2) is 48.5 Å². The number of carbonyl (C=O) groups excluding carboxylic acids is 1. The van der Waals surface area contributed by atoms with Crippen molar-refractivity contribution in [3.8, 4) is 0 Å². The molecule has 1 aliphatic carbocycles. The van der Waals surface area contributed by atoms with Crippen LogP contribution in [0.1, 0.15) is 43.3 Å². The molecule has 0 aromatic carbocycles. The molecule has 1 saturated heterocycles. The van der Waals surface area contributed by atoms with Crippen molar-refractivity contribution in [1.29, 1.82) is 0 Å². The molecule has 1 aliphatic heterocycles. The summed E-state index contributed by atoms with van der Waals surface area (Å²) in [5.74, 6) is 1.74. The second-order valence-corrected chi connectivity index (χ2v) is 5.57. The highest BCUT2D eigenvalue weighted by Gasteiger charge is 2.28. The van der Waals surface area contributed by atoms with Gasteiger partial charge in [0.25, 0.3) is 0 Å². The van der Waals surface area contributed by atoms with Crippen LogP contribution in [-0.2, 0) is 20.7 Å². The third kappa shape index (κ3) is 4.50. The Morgan fingerprint density at radius 2 is 2.29 bits per heavy atom. The largest absolute Gasteiger partial charge is 0.376 e. The van der Waals surface area contributed by atoms with Crippen LogP contribution in [0.3, 0.4) is 0 Å². The van der Waals surface area contributed by atoms with E-state index < -0.39 is 0 Å². The molecular weight excluding hydrogens is 274 g/mol. The van der Waals surface area contributed by atoms with Gasteiger partial charge in [0.1, 0.15) is 6.61 Å². The fourth-order valence-electron chi connectivity index (χ4n) is 2.30. The molecule has 2 heterocycles. The molecule has 1 atom stereocenters. The molecule has 0 bridgehead atoms. The molecule has 116 valence electrons. The minimum absolute atomic E-state index is 0.0665. The summed E-state index contributed by atoms with van der Waals surface area (Å²) in [6, 6.07) is 0. The number of nitrogens with zero attached hydrogens (tertiary/aromatic N) is 2. The first kappa shape index (κ1) is 14.5. The van der Waals surface area contributed by atoms with E-state index in [1.165, 1.54) is 0 Å². The van der Waals surface area contributed by atoms with Crippen LogP contribution < -0.4 is 5.32 Å². The third-order valence-electron chi connectivity index (χ3n) is 3.65. The summed E-state index contributed by atoms with van der Waals surface area (Å²) in [6.45, 7) is 1.83. The van der Waals surface area contributed by atoms with Gasteiger partial charge in [-0.25, -0.2) is 0 Å². The average Bonchev–Trinajstić information content (AvgIpc) is 3.00. The fourth-order valence-corrected chi connectivity index (χ4v) is 2.30. The first-order valence-electron chi connectivity index (χ1n) is 7.60. The van der Waals surface area contributed by atoms with Gasteiger partial charge in [0, 0.05) is 25.5 Å². The van der Waals surface area contributed by atoms with Gasteiger partial charge >= 0.3 is 0 Å². The summed E-state index contributed by atoms with van der Waals surface area (Å²) in [5.41, 5.74) is 0. The van der Waals surface area contributed by atoms with E-state index in [-0.39, 0.29) is 18.6 Å². The Labute approximate surface area is 123 Å². The number of amides is 1. The normalized spacial score (nSPS) is 21.6. The van der Waals surface area contributed by atoms with Crippen molar-refractivity contribution >= 4 is 5.91 Å². The van der Waals surface area contributed by atoms with E-state index in [0.717, 1.165) is 38.1 Å². The van der Waals surface area contributed by atoms with E-state index >= 15 is 0 Å². The summed E-state index contributed by atoms with van der Waals surface area (Å²) in [4.78, 5) is 15.9. The maximum atomic E-state index is 11.6. The zero-order chi connectivity index (χ0) is 14.5. The lowest BCUT2D eigenvalue weighted by Crippen LogP contribution is -2.30. The lowest BCUT2D eigenvalue weighted by molar-refractivity contribution is -0.126. The summed E-state index contributed by atoms with van der Waals surface area (Å²) in [5, 5.41) is 6.71. The lowest BCUT2D eigenvalue weighted by atomic mass is 10.2. The lowest BCUT2D eigenvalue weighted by Gasteiger charge is -2.09. The molecule has 0 unspecified atom stereocenters. The Hall–Kier alpha value is -1.47. The van der Waals surface area contributed by atoms with Crippen molar-refractivity contribution in [2.24, 2.45) is 0 Å². The molecule has 3 rings (SSSR count). The Kier molecular flexibility index (Phi) is 4.82. The van der Waals surface area contributed by atoms with Crippen molar-refractivity contribution in [2.45, 2.75) is 44.1 Å². The van der Waals surface area contributed by atoms with Gasteiger partial charge in [0.2, 0.25) is 11.8 Å². The SMILES string of the molecule is O=C(COC[C@@H]1CCCO1)NCCc1nc(C2CC2)no1. The summed E-state index contributed by atoms with van der Waals surface area (Å²) < 4.78 is 15.9. The predicted molar refractivity (Wildman–Crippen MR) is 72.8 cm³/mol. The molecule has 0 radical (unpaired) electrons. The number of rotatable bonds is 8. The summed E-state index contributed by atoms with van der Waals surface area (Å²) in [6.07, 6.45) is 5.10. The van der Waals surface area contributed by atoms with Gasteiger partial charge in [-0.05, 0) is 25.7 Å². The van der Waals surface area contributed by atoms with Crippen LogP contribution >= 0.6 is 0 Å². The summed E-state index contributed by atoms with van der Waals surface area (Å²) in [7, 11) is 0. The molecule has 1 aromatic rings. The number of aromatic nitrogens is 2. The molecule has 7 heteroatoms. The standard InChI is InChI=1S/C14H21N3O4/c18-12(9-19-8-11-2-1-7-20-11)15-6-5-13-16-14(17-21-13)10-3-4-10/h10-11H,1-9H2,(H,15,18)/t11-/m0/s1. The zero-order valence-corrected chi connectivity index (χ0v) is 12.0. The minimum atomic E-state index is -0.130. The fraction of sp³-hybridized carbons (Fsp3) is 0.786. The number of hydrogen-bond donors (Lipinski definition) is 1. The van der Waals surface area contributed by atoms with E-state index in [1.807, 2.05) is 0 Å². The first-order valence-corrected chi connectivity index (χ1v) is 7.60. The first-order chi connectivity index (χ1) is 10.3. The molecule has 21 heavy (non-hydrogen) atoms. The average molecular weight is 295 g/mol. The maximum Gasteiger partial charge on any atom is 0.246 e. The molecule has 2 fully saturated rings. The molecule has 1 N–H and O–H groups in total. The van der Waals surface area contributed by atoms with Gasteiger partial charge in [0.05, 0.1) is 12.7 Å². The molecule has 1 saturated carbocycles. The van der Waals surface area contributed by atoms with Crippen molar-refractivity contribution in [1.82, 2.24) is 15.5 Å². The Morgan fingerprint density at radius 1 is 1.38 bits per heavy atom. The van der Waals surface area contributed by atoms with E-state index in [0.29, 0.717) is 31.4 Å². The van der Waals surface area contributed by atoms with E-state index in [1.54, 1.807) is 0 Å². The van der Waals surface area contributed by atoms with Crippen LogP contribution in [0.25, 0.3) is 0 Å². The van der Waals surface area contributed by atoms with Crippen LogP contribution in [0.5, 0.6) is 0 Å². The van der Waals surface area contributed by atoms with Crippen molar-refractivity contribution in [3.05, 3.63) is 11.7 Å². The smallest absolute Gasteiger partial charge is 0.246 e. The van der Waals surface area contributed by atoms with Gasteiger partial charge in [-0.1, -0.05) is 5.16 Å². The minimum Gasteiger partial charge on any atom is -0.376 e. The second kappa shape index (κ2) is 7.00. The Balaban J connectivity index is 1.26. The third-order valence-corrected chi connectivity index (χ3v) is 3.65. The van der Waals surface area contributed by atoms with Gasteiger partial charge in [-0.2, -0.15) is 4.98 Å². The molecule has 7 nitrogen and oxygen atoms in total. The zero-order valence-electron chi connectivity index (χ0n) is 12.0. The predicted octanol–water partition coefficient (Wildman–Crippen LogP) is 0.801. The maximum absolute atomic E-state index is 11.6. The van der Waals surface area contributed by atoms with Gasteiger partial charge in [-0.3, -0.25) is 4.79 Å². The molecule has 1 aromatic heterocycles. The number of ether oxygens (including phenoxy) is 2. The monoisotopic (exact) mass is 295 g/mol. The van der Waals surface area contributed by atoms with Crippen LogP contribution in [0, 0.1) is 0 Å².